The molecule has 0 radical (unpaired) electrons. The Morgan fingerprint density at radius 2 is 0.750 bits per heavy atom. The van der Waals surface area contributed by atoms with E-state index in [2.05, 4.69) is 0 Å². The molecule has 0 bridgehead atoms. The molecule has 0 saturated carbocycles. The predicted molar refractivity (Wildman–Crippen MR) is 17.3 cm³/mol. The van der Waals surface area contributed by atoms with Gasteiger partial charge in [0.15, 0.2) is 0 Å². The van der Waals surface area contributed by atoms with Crippen LogP contribution in [0.3, 0.4) is 0 Å². The van der Waals surface area contributed by atoms with Crippen molar-refractivity contribution in [2.75, 3.05) is 0 Å². The first-order chi connectivity index (χ1) is 0. The van der Waals surface area contributed by atoms with E-state index in [1.807, 2.05) is 0 Å². The fourth-order valence-corrected chi connectivity index (χ4v) is 0. The van der Waals surface area contributed by atoms with E-state index in [1.165, 1.54) is 0 Å². The summed E-state index contributed by atoms with van der Waals surface area (Å²) < 4.78 is 0. The third kappa shape index (κ3) is 8.83. The summed E-state index contributed by atoms with van der Waals surface area (Å²) in [7, 11) is 0. The Kier molecular flexibility index (Phi) is 146. The molecule has 0 aliphatic heterocycles. The molecule has 0 nitrogen and oxygen atoms in total. The van der Waals surface area contributed by atoms with Crippen LogP contribution in [0.5, 0.6) is 0 Å². The zero-order valence-electron chi connectivity index (χ0n) is 1.70. The smallest absolute Gasteiger partial charge is 2.00 e. The maximum atomic E-state index is 0. The minimum Gasteiger partial charge on any atom is -2.00 e. The molecular formula is AgGaSe2. The second-order valence-electron chi connectivity index (χ2n) is 0. The van der Waals surface area contributed by atoms with Crippen molar-refractivity contribution in [1.82, 2.24) is 0 Å². The first-order valence-electron chi connectivity index (χ1n) is 0. The van der Waals surface area contributed by atoms with Crippen molar-refractivity contribution in [3.05, 3.63) is 0 Å². The van der Waals surface area contributed by atoms with Crippen molar-refractivity contribution in [2.24, 2.45) is 0 Å². The van der Waals surface area contributed by atoms with Gasteiger partial charge in [-0.25, -0.2) is 0 Å². The van der Waals surface area contributed by atoms with Gasteiger partial charge in [0.25, 0.3) is 0 Å². The van der Waals surface area contributed by atoms with Gasteiger partial charge in [0.1, 0.15) is 0 Å². The molecule has 4 heteroatoms. The molecule has 0 fully saturated rings. The monoisotopic (exact) mass is 336 g/mol. The number of hydrogen-bond acceptors (Lipinski definition) is 0. The molecule has 0 rings (SSSR count). The van der Waals surface area contributed by atoms with Gasteiger partial charge >= 0.3 is 42.2 Å². The molecule has 0 aliphatic carbocycles. The molecule has 0 spiro atoms. The zero-order chi connectivity index (χ0) is 0. The summed E-state index contributed by atoms with van der Waals surface area (Å²) in [5, 5.41) is 0. The van der Waals surface area contributed by atoms with Crippen molar-refractivity contribution < 1.29 is 22.4 Å². The molecule has 0 unspecified atom stereocenters. The quantitative estimate of drug-likeness (QED) is 0.491. The summed E-state index contributed by atoms with van der Waals surface area (Å²) in [6.07, 6.45) is 0. The number of rotatable bonds is 0. The summed E-state index contributed by atoms with van der Waals surface area (Å²) in [6.45, 7) is 0. The van der Waals surface area contributed by atoms with E-state index in [1.54, 1.807) is 0 Å². The predicted octanol–water partition coefficient (Wildman–Crippen LogP) is -1.14. The first-order valence-corrected chi connectivity index (χ1v) is 0. The maximum absolute atomic E-state index is 0. The molecule has 0 aromatic carbocycles. The molecule has 26 valence electrons. The molecule has 0 aromatic rings. The van der Waals surface area contributed by atoms with E-state index in [0.29, 0.717) is 0 Å². The van der Waals surface area contributed by atoms with Crippen LogP contribution in [0.2, 0.25) is 0 Å². The molecule has 0 aromatic heterocycles. The van der Waals surface area contributed by atoms with Gasteiger partial charge in [-0.1, -0.05) is 0 Å². The Morgan fingerprint density at radius 3 is 0.750 bits per heavy atom. The molecule has 0 heterocycles. The van der Waals surface area contributed by atoms with Crippen molar-refractivity contribution in [2.45, 2.75) is 0 Å². The van der Waals surface area contributed by atoms with E-state index in [0.717, 1.165) is 0 Å². The van der Waals surface area contributed by atoms with Gasteiger partial charge < -0.3 is 34.1 Å². The topological polar surface area (TPSA) is 0 Å². The second-order valence-corrected chi connectivity index (χ2v) is 0. The van der Waals surface area contributed by atoms with Gasteiger partial charge in [0.05, 0.1) is 0 Å². The third-order valence-corrected chi connectivity index (χ3v) is 0. The van der Waals surface area contributed by atoms with Crippen molar-refractivity contribution in [3.63, 3.8) is 0 Å². The van der Waals surface area contributed by atoms with Gasteiger partial charge in [-0.2, -0.15) is 0 Å². The van der Waals surface area contributed by atoms with Crippen LogP contribution in [-0.4, -0.2) is 53.9 Å². The third-order valence-electron chi connectivity index (χ3n) is 0. The first kappa shape index (κ1) is 32.2. The molecule has 0 atom stereocenters. The van der Waals surface area contributed by atoms with Crippen LogP contribution in [0, 0.1) is 0 Å². The normalized spacial score (nSPS) is 0. The van der Waals surface area contributed by atoms with Gasteiger partial charge in [0.2, 0.25) is 0 Å². The van der Waals surface area contributed by atoms with E-state index in [-0.39, 0.29) is 76.3 Å². The summed E-state index contributed by atoms with van der Waals surface area (Å²) in [6, 6.07) is 0. The van der Waals surface area contributed by atoms with Crippen LogP contribution in [0.4, 0.5) is 0 Å². The molecular weight excluding hydrogens is 336 g/mol. The average Bonchev–Trinajstić information content (AvgIpc) is 0. The maximum Gasteiger partial charge on any atom is 3.00 e. The van der Waals surface area contributed by atoms with Crippen LogP contribution in [-0.2, 0) is 22.4 Å². The standard InChI is InChI=1S/Ag.Ga.2Se/q+1;+3;2*-2. The van der Waals surface area contributed by atoms with Gasteiger partial charge in [-0.05, 0) is 0 Å². The van der Waals surface area contributed by atoms with Crippen molar-refractivity contribution in [3.8, 4) is 0 Å². The fourth-order valence-electron chi connectivity index (χ4n) is 0. The second kappa shape index (κ2) is 18.1. The van der Waals surface area contributed by atoms with Crippen molar-refractivity contribution >= 4 is 53.9 Å². The molecule has 0 saturated heterocycles. The summed E-state index contributed by atoms with van der Waals surface area (Å²) in [4.78, 5) is 0. The summed E-state index contributed by atoms with van der Waals surface area (Å²) >= 11 is 0. The summed E-state index contributed by atoms with van der Waals surface area (Å²) in [5.41, 5.74) is 0. The Hall–Kier alpha value is 2.42. The minimum absolute atomic E-state index is 0. The minimum atomic E-state index is 0. The molecule has 4 heavy (non-hydrogen) atoms. The average molecular weight is 336 g/mol. The van der Waals surface area contributed by atoms with Crippen LogP contribution in [0.15, 0.2) is 0 Å². The molecule has 0 amide bonds. The Balaban J connectivity index is 0. The zero-order valence-corrected chi connectivity index (χ0v) is 9.03. The SMILES string of the molecule is [Ag+].[Ga+3].[Se-2].[Se-2]. The van der Waals surface area contributed by atoms with E-state index >= 15 is 0 Å². The molecule has 0 N–H and O–H groups in total. The Bertz CT molecular complexity index is 6.00. The van der Waals surface area contributed by atoms with Crippen LogP contribution in [0.1, 0.15) is 0 Å². The van der Waals surface area contributed by atoms with Crippen LogP contribution < -0.4 is 0 Å². The van der Waals surface area contributed by atoms with Crippen molar-refractivity contribution in [1.29, 1.82) is 0 Å². The Labute approximate surface area is 75.4 Å². The van der Waals surface area contributed by atoms with E-state index < -0.39 is 0 Å². The van der Waals surface area contributed by atoms with Gasteiger partial charge in [0, 0.05) is 0 Å². The van der Waals surface area contributed by atoms with Gasteiger partial charge in [-0.15, -0.1) is 0 Å². The van der Waals surface area contributed by atoms with Gasteiger partial charge in [-0.3, -0.25) is 0 Å². The Morgan fingerprint density at radius 1 is 0.750 bits per heavy atom. The summed E-state index contributed by atoms with van der Waals surface area (Å²) in [5.74, 6) is 0. The van der Waals surface area contributed by atoms with Crippen LogP contribution >= 0.6 is 0 Å². The fraction of sp³-hybridized carbons (Fsp3) is 0. The molecule has 0 aliphatic rings. The number of hydrogen-bond donors (Lipinski definition) is 0. The van der Waals surface area contributed by atoms with E-state index in [4.69, 9.17) is 0 Å². The van der Waals surface area contributed by atoms with E-state index in [9.17, 15) is 0 Å². The van der Waals surface area contributed by atoms with Crippen LogP contribution in [0.25, 0.3) is 0 Å². The largest absolute Gasteiger partial charge is 3.00 e.